The molecule has 5 rings (SSSR count). The fourth-order valence-corrected chi connectivity index (χ4v) is 4.71. The lowest BCUT2D eigenvalue weighted by atomic mass is 9.91. The topological polar surface area (TPSA) is 107 Å². The van der Waals surface area contributed by atoms with Gasteiger partial charge in [-0.1, -0.05) is 35.9 Å². The molecule has 2 aliphatic heterocycles. The van der Waals surface area contributed by atoms with Gasteiger partial charge in [0.15, 0.2) is 0 Å². The van der Waals surface area contributed by atoms with Crippen LogP contribution in [0.4, 0.5) is 4.79 Å². The maximum atomic E-state index is 13.0. The SMILES string of the molecule is C[C@]1(c2ccc(C(=O)N3CCC(c4cc(-c5ccc(Cl)cc5)n[nH]4)CC3)cc2)NC(=O)NC1=O. The van der Waals surface area contributed by atoms with Gasteiger partial charge in [-0.15, -0.1) is 0 Å². The van der Waals surface area contributed by atoms with Gasteiger partial charge in [0.25, 0.3) is 11.8 Å². The summed E-state index contributed by atoms with van der Waals surface area (Å²) in [5.41, 5.74) is 3.01. The quantitative estimate of drug-likeness (QED) is 0.497. The average Bonchev–Trinajstić information content (AvgIpc) is 3.44. The molecule has 0 saturated carbocycles. The molecule has 4 amide bonds. The van der Waals surface area contributed by atoms with Crippen LogP contribution >= 0.6 is 11.6 Å². The van der Waals surface area contributed by atoms with E-state index >= 15 is 0 Å². The second-order valence-electron chi connectivity index (χ2n) is 8.89. The van der Waals surface area contributed by atoms with Crippen LogP contribution in [0.2, 0.25) is 5.02 Å². The van der Waals surface area contributed by atoms with Gasteiger partial charge in [-0.3, -0.25) is 20.0 Å². The summed E-state index contributed by atoms with van der Waals surface area (Å²) in [5.74, 6) is -0.136. The summed E-state index contributed by atoms with van der Waals surface area (Å²) in [6.45, 7) is 2.94. The zero-order valence-electron chi connectivity index (χ0n) is 18.6. The second kappa shape index (κ2) is 8.61. The highest BCUT2D eigenvalue weighted by molar-refractivity contribution is 6.30. The Kier molecular flexibility index (Phi) is 5.61. The van der Waals surface area contributed by atoms with E-state index in [-0.39, 0.29) is 5.91 Å². The van der Waals surface area contributed by atoms with Crippen molar-refractivity contribution in [3.8, 4) is 11.3 Å². The monoisotopic (exact) mass is 477 g/mol. The second-order valence-corrected chi connectivity index (χ2v) is 9.33. The Bertz CT molecular complexity index is 1250. The van der Waals surface area contributed by atoms with Crippen molar-refractivity contribution in [1.82, 2.24) is 25.7 Å². The van der Waals surface area contributed by atoms with E-state index in [0.29, 0.717) is 35.2 Å². The zero-order valence-corrected chi connectivity index (χ0v) is 19.4. The number of hydrogen-bond acceptors (Lipinski definition) is 4. The Hall–Kier alpha value is -3.65. The molecule has 8 nitrogen and oxygen atoms in total. The molecule has 0 spiro atoms. The molecule has 2 saturated heterocycles. The van der Waals surface area contributed by atoms with Crippen LogP contribution in [-0.2, 0) is 10.3 Å². The number of halogens is 1. The van der Waals surface area contributed by atoms with Gasteiger partial charge in [0.05, 0.1) is 5.69 Å². The number of imide groups is 1. The number of likely N-dealkylation sites (tertiary alicyclic amines) is 1. The van der Waals surface area contributed by atoms with Gasteiger partial charge >= 0.3 is 6.03 Å². The largest absolute Gasteiger partial charge is 0.339 e. The molecular formula is C25H24ClN5O3. The molecule has 34 heavy (non-hydrogen) atoms. The summed E-state index contributed by atoms with van der Waals surface area (Å²) in [7, 11) is 0. The minimum absolute atomic E-state index is 0.0403. The summed E-state index contributed by atoms with van der Waals surface area (Å²) in [6, 6.07) is 16.0. The summed E-state index contributed by atoms with van der Waals surface area (Å²) in [5, 5.41) is 13.2. The number of aromatic amines is 1. The van der Waals surface area contributed by atoms with Crippen LogP contribution in [0, 0.1) is 0 Å². The van der Waals surface area contributed by atoms with Gasteiger partial charge in [-0.05, 0) is 55.7 Å². The van der Waals surface area contributed by atoms with E-state index in [0.717, 1.165) is 29.8 Å². The Morgan fingerprint density at radius 1 is 1.06 bits per heavy atom. The first kappa shape index (κ1) is 22.2. The predicted molar refractivity (Wildman–Crippen MR) is 127 cm³/mol. The van der Waals surface area contributed by atoms with E-state index in [1.54, 1.807) is 31.2 Å². The third kappa shape index (κ3) is 4.05. The van der Waals surface area contributed by atoms with E-state index < -0.39 is 17.5 Å². The van der Waals surface area contributed by atoms with Gasteiger partial charge in [0.1, 0.15) is 5.54 Å². The van der Waals surface area contributed by atoms with E-state index in [9.17, 15) is 14.4 Å². The third-order valence-corrected chi connectivity index (χ3v) is 6.97. The van der Waals surface area contributed by atoms with Gasteiger partial charge in [-0.2, -0.15) is 5.10 Å². The Labute approximate surface area is 201 Å². The summed E-state index contributed by atoms with van der Waals surface area (Å²) < 4.78 is 0. The number of aromatic nitrogens is 2. The number of rotatable bonds is 4. The van der Waals surface area contributed by atoms with Crippen molar-refractivity contribution in [3.63, 3.8) is 0 Å². The van der Waals surface area contributed by atoms with Crippen molar-refractivity contribution >= 4 is 29.4 Å². The standard InChI is InChI=1S/C25H24ClN5O3/c1-25(23(33)27-24(34)28-25)18-6-2-17(3-7-18)22(32)31-12-10-16(11-13-31)21-14-20(29-30-21)15-4-8-19(26)9-5-15/h2-9,14,16H,10-13H2,1H3,(H,29,30)(H2,27,28,33,34)/t25-/m1/s1. The smallest absolute Gasteiger partial charge is 0.322 e. The van der Waals surface area contributed by atoms with Crippen LogP contribution in [-0.4, -0.2) is 46.0 Å². The molecule has 0 aliphatic carbocycles. The van der Waals surface area contributed by atoms with Crippen LogP contribution in [0.25, 0.3) is 11.3 Å². The van der Waals surface area contributed by atoms with Crippen LogP contribution in [0.3, 0.4) is 0 Å². The van der Waals surface area contributed by atoms with Crippen molar-refractivity contribution in [2.24, 2.45) is 0 Å². The first-order chi connectivity index (χ1) is 16.3. The molecule has 0 bridgehead atoms. The molecule has 3 aromatic rings. The fraction of sp³-hybridized carbons (Fsp3) is 0.280. The average molecular weight is 478 g/mol. The van der Waals surface area contributed by atoms with Crippen LogP contribution < -0.4 is 10.6 Å². The fourth-order valence-electron chi connectivity index (χ4n) is 4.58. The van der Waals surface area contributed by atoms with Crippen molar-refractivity contribution in [2.75, 3.05) is 13.1 Å². The van der Waals surface area contributed by atoms with E-state index in [2.05, 4.69) is 26.9 Å². The highest BCUT2D eigenvalue weighted by Crippen LogP contribution is 2.31. The Morgan fingerprint density at radius 2 is 1.74 bits per heavy atom. The summed E-state index contributed by atoms with van der Waals surface area (Å²) in [4.78, 5) is 38.5. The van der Waals surface area contributed by atoms with Gasteiger partial charge in [0, 0.05) is 40.9 Å². The van der Waals surface area contributed by atoms with Gasteiger partial charge < -0.3 is 10.2 Å². The molecule has 2 aliphatic rings. The van der Waals surface area contributed by atoms with E-state index in [4.69, 9.17) is 11.6 Å². The number of carbonyl (C=O) groups is 3. The predicted octanol–water partition coefficient (Wildman–Crippen LogP) is 3.80. The summed E-state index contributed by atoms with van der Waals surface area (Å²) in [6.07, 6.45) is 1.69. The normalized spacial score (nSPS) is 20.8. The number of urea groups is 1. The molecule has 9 heteroatoms. The van der Waals surface area contributed by atoms with Crippen LogP contribution in [0.15, 0.2) is 54.6 Å². The number of benzene rings is 2. The molecule has 3 heterocycles. The first-order valence-corrected chi connectivity index (χ1v) is 11.6. The minimum Gasteiger partial charge on any atom is -0.339 e. The number of nitrogens with zero attached hydrogens (tertiary/aromatic N) is 2. The number of nitrogens with one attached hydrogen (secondary N) is 3. The molecule has 2 fully saturated rings. The van der Waals surface area contributed by atoms with Crippen molar-refractivity contribution < 1.29 is 14.4 Å². The molecule has 3 N–H and O–H groups in total. The number of H-pyrrole nitrogens is 1. The van der Waals surface area contributed by atoms with Crippen LogP contribution in [0.5, 0.6) is 0 Å². The van der Waals surface area contributed by atoms with Crippen molar-refractivity contribution in [2.45, 2.75) is 31.2 Å². The van der Waals surface area contributed by atoms with Crippen molar-refractivity contribution in [3.05, 3.63) is 76.4 Å². The maximum Gasteiger partial charge on any atom is 0.322 e. The molecule has 1 aromatic heterocycles. The molecular weight excluding hydrogens is 454 g/mol. The maximum absolute atomic E-state index is 13.0. The van der Waals surface area contributed by atoms with E-state index in [1.807, 2.05) is 29.2 Å². The van der Waals surface area contributed by atoms with Crippen LogP contribution in [0.1, 0.15) is 47.3 Å². The molecule has 0 unspecified atom stereocenters. The Morgan fingerprint density at radius 3 is 2.35 bits per heavy atom. The molecule has 174 valence electrons. The highest BCUT2D eigenvalue weighted by atomic mass is 35.5. The highest BCUT2D eigenvalue weighted by Gasteiger charge is 2.43. The van der Waals surface area contributed by atoms with Gasteiger partial charge in [-0.25, -0.2) is 4.79 Å². The third-order valence-electron chi connectivity index (χ3n) is 6.71. The number of carbonyl (C=O) groups excluding carboxylic acids is 3. The minimum atomic E-state index is -1.13. The lowest BCUT2D eigenvalue weighted by molar-refractivity contribution is -0.123. The number of piperidine rings is 1. The van der Waals surface area contributed by atoms with Gasteiger partial charge in [0.2, 0.25) is 0 Å². The number of hydrogen-bond donors (Lipinski definition) is 3. The summed E-state index contributed by atoms with van der Waals surface area (Å²) >= 11 is 5.97. The first-order valence-electron chi connectivity index (χ1n) is 11.2. The molecule has 0 radical (unpaired) electrons. The lowest BCUT2D eigenvalue weighted by Crippen LogP contribution is -2.40. The van der Waals surface area contributed by atoms with Crippen molar-refractivity contribution in [1.29, 1.82) is 0 Å². The zero-order chi connectivity index (χ0) is 23.9. The Balaban J connectivity index is 1.21. The number of amides is 4. The molecule has 1 atom stereocenters. The lowest BCUT2D eigenvalue weighted by Gasteiger charge is -2.31. The van der Waals surface area contributed by atoms with E-state index in [1.165, 1.54) is 0 Å². The molecule has 2 aromatic carbocycles.